The largest absolute Gasteiger partial charge is 0.213 e. The third kappa shape index (κ3) is 13.9. The normalized spacial score (nSPS) is 17.0. The molecule has 20 aromatic rings. The fourth-order valence-electron chi connectivity index (χ4n) is 25.7. The van der Waals surface area contributed by atoms with Gasteiger partial charge in [0.25, 0.3) is 0 Å². The molecule has 8 bridgehead atoms. The second kappa shape index (κ2) is 33.8. The van der Waals surface area contributed by atoms with Crippen molar-refractivity contribution >= 4 is 0 Å². The lowest BCUT2D eigenvalue weighted by Crippen LogP contribution is -2.30. The van der Waals surface area contributed by atoms with Crippen molar-refractivity contribution in [3.8, 4) is 89.5 Å². The Morgan fingerprint density at radius 1 is 0.144 bits per heavy atom. The summed E-state index contributed by atoms with van der Waals surface area (Å²) >= 11 is 0. The average molecular weight is 1790 g/mol. The fourth-order valence-corrected chi connectivity index (χ4v) is 25.7. The predicted octanol–water partition coefficient (Wildman–Crippen LogP) is 29.5. The van der Waals surface area contributed by atoms with Gasteiger partial charge in [0, 0.05) is 118 Å². The van der Waals surface area contributed by atoms with E-state index in [1.807, 2.05) is 0 Å². The molecule has 0 radical (unpaired) electrons. The van der Waals surface area contributed by atoms with Crippen LogP contribution in [0.5, 0.6) is 0 Å². The molecule has 2 unspecified atom stereocenters. The third-order valence-corrected chi connectivity index (χ3v) is 32.3. The van der Waals surface area contributed by atoms with Gasteiger partial charge in [-0.2, -0.15) is 0 Å². The van der Waals surface area contributed by atoms with Gasteiger partial charge in [-0.1, -0.05) is 303 Å². The van der Waals surface area contributed by atoms with E-state index in [0.717, 1.165) is 0 Å². The van der Waals surface area contributed by atoms with Crippen molar-refractivity contribution in [1.82, 2.24) is 0 Å². The third-order valence-electron chi connectivity index (χ3n) is 32.3. The smallest absolute Gasteiger partial charge is 0.201 e. The first kappa shape index (κ1) is 84.8. The summed E-state index contributed by atoms with van der Waals surface area (Å²) < 4.78 is 8.90. The summed E-state index contributed by atoms with van der Waals surface area (Å²) in [5.74, 6) is 2.53. The van der Waals surface area contributed by atoms with Gasteiger partial charge in [0.05, 0.1) is 0 Å². The van der Waals surface area contributed by atoms with E-state index in [0.29, 0.717) is 47.3 Å². The summed E-state index contributed by atoms with van der Waals surface area (Å²) in [5, 5.41) is 0. The molecular weight excluding hydrogens is 1680 g/mol. The number of pyridine rings is 4. The number of benzene rings is 16. The van der Waals surface area contributed by atoms with Crippen molar-refractivity contribution in [2.75, 3.05) is 0 Å². The molecule has 16 aromatic carbocycles. The molecule has 4 nitrogen and oxygen atoms in total. The Morgan fingerprint density at radius 3 is 0.705 bits per heavy atom. The summed E-state index contributed by atoms with van der Waals surface area (Å²) in [6, 6.07) is 148. The van der Waals surface area contributed by atoms with Crippen molar-refractivity contribution in [1.29, 1.82) is 0 Å². The second-order valence-corrected chi connectivity index (χ2v) is 40.2. The monoisotopic (exact) mass is 1790 g/mol. The first-order valence-electron chi connectivity index (χ1n) is 49.6. The molecule has 12 aliphatic rings. The molecule has 32 rings (SSSR count). The van der Waals surface area contributed by atoms with Gasteiger partial charge in [0.15, 0.2) is 24.8 Å². The van der Waals surface area contributed by atoms with Gasteiger partial charge in [0.2, 0.25) is 22.8 Å². The number of nitrogens with zero attached hydrogens (tertiary/aromatic N) is 4. The van der Waals surface area contributed by atoms with E-state index < -0.39 is 0 Å². The van der Waals surface area contributed by atoms with E-state index in [-0.39, 0.29) is 0 Å². The molecule has 12 aliphatic carbocycles. The first-order chi connectivity index (χ1) is 68.0. The van der Waals surface area contributed by atoms with Crippen LogP contribution in [-0.2, 0) is 28.2 Å². The van der Waals surface area contributed by atoms with Gasteiger partial charge in [-0.05, 0) is 308 Å². The highest BCUT2D eigenvalue weighted by Crippen LogP contribution is 2.62. The Labute approximate surface area is 817 Å². The van der Waals surface area contributed by atoms with E-state index in [4.69, 9.17) is 0 Å². The Hall–Kier alpha value is -15.9. The van der Waals surface area contributed by atoms with Crippen LogP contribution in [0.3, 0.4) is 0 Å². The standard InChI is InChI=1S/3C34H28N.C33H26N/c1-21-10-4-5-11-25(21)31-20-23(16-17-35(31)3)24-18-22(2)32-30(19-24)33-26-12-6-8-14-28(26)34(32)29-15-9-7-13-27(29)33;1-21-10-4-5-11-24(21)32-19-23(16-17-35(32)3)29-20-31-30(18-22(29)2)33-25-12-6-8-14-27(25)34(31)28-15-9-7-13-26(28)33;1-21-12-14-28-30(18-21)33-26-10-6-7-11-27(26)34(28)31-19-23(13-15-29(31)33)24-16-17-35(3)32(20-24)25-9-5-4-8-22(25)2;1-21-9-3-4-10-24(21)31-20-23(17-18-34(31)2)22-15-16-29-30(19-22)33-27-13-7-5-11-25(27)32(29)26-12-6-8-14-28(26)33/h3*4-20,33-34H,1-3H3;3-20,32-33H,1-2H3/q4*+1. The summed E-state index contributed by atoms with van der Waals surface area (Å²) in [5.41, 5.74) is 65.1. The van der Waals surface area contributed by atoms with E-state index in [1.54, 1.807) is 0 Å². The topological polar surface area (TPSA) is 15.5 Å². The number of aromatic nitrogens is 4. The Morgan fingerprint density at radius 2 is 0.374 bits per heavy atom. The molecule has 4 aromatic heterocycles. The highest BCUT2D eigenvalue weighted by Gasteiger charge is 2.47. The van der Waals surface area contributed by atoms with Gasteiger partial charge in [0.1, 0.15) is 28.2 Å². The fraction of sp³-hybridized carbons (Fsp3) is 0.141. The predicted molar refractivity (Wildman–Crippen MR) is 566 cm³/mol. The van der Waals surface area contributed by atoms with Crippen molar-refractivity contribution in [3.63, 3.8) is 0 Å². The van der Waals surface area contributed by atoms with Crippen LogP contribution in [0.1, 0.15) is 220 Å². The molecule has 0 aliphatic heterocycles. The summed E-state index contributed by atoms with van der Waals surface area (Å²) in [6.07, 6.45) is 8.78. The van der Waals surface area contributed by atoms with Gasteiger partial charge in [-0.15, -0.1) is 0 Å². The second-order valence-electron chi connectivity index (χ2n) is 40.2. The minimum Gasteiger partial charge on any atom is -0.201 e. The minimum absolute atomic E-state index is 0.303. The van der Waals surface area contributed by atoms with Crippen LogP contribution in [0.4, 0.5) is 0 Å². The zero-order chi connectivity index (χ0) is 93.9. The van der Waals surface area contributed by atoms with Crippen molar-refractivity contribution in [2.24, 2.45) is 28.2 Å². The number of rotatable bonds is 8. The lowest BCUT2D eigenvalue weighted by molar-refractivity contribution is -0.660. The van der Waals surface area contributed by atoms with E-state index >= 15 is 0 Å². The van der Waals surface area contributed by atoms with Crippen molar-refractivity contribution < 1.29 is 18.3 Å². The average Bonchev–Trinajstić information content (AvgIpc) is 0.700. The van der Waals surface area contributed by atoms with Crippen LogP contribution >= 0.6 is 0 Å². The maximum atomic E-state index is 2.49. The van der Waals surface area contributed by atoms with Crippen molar-refractivity contribution in [3.05, 3.63) is 592 Å². The molecule has 4 heterocycles. The summed E-state index contributed by atoms with van der Waals surface area (Å²) in [6.45, 7) is 15.5. The maximum absolute atomic E-state index is 2.49. The zero-order valence-electron chi connectivity index (χ0n) is 80.7. The van der Waals surface area contributed by atoms with E-state index in [2.05, 4.69) is 514 Å². The molecule has 4 heteroatoms. The van der Waals surface area contributed by atoms with Gasteiger partial charge in [-0.25, -0.2) is 18.3 Å². The summed E-state index contributed by atoms with van der Waals surface area (Å²) in [7, 11) is 8.53. The Bertz CT molecular complexity index is 8280. The molecule has 0 saturated carbocycles. The van der Waals surface area contributed by atoms with E-state index in [9.17, 15) is 0 Å². The molecule has 666 valence electrons. The molecule has 2 atom stereocenters. The molecule has 0 saturated heterocycles. The molecule has 0 N–H and O–H groups in total. The Kier molecular flexibility index (Phi) is 20.6. The zero-order valence-corrected chi connectivity index (χ0v) is 80.7. The number of aryl methyl sites for hydroxylation is 11. The molecule has 0 amide bonds. The number of hydrogen-bond donors (Lipinski definition) is 0. The van der Waals surface area contributed by atoms with Gasteiger partial charge < -0.3 is 0 Å². The maximum Gasteiger partial charge on any atom is 0.213 e. The summed E-state index contributed by atoms with van der Waals surface area (Å²) in [4.78, 5) is 0. The van der Waals surface area contributed by atoms with Gasteiger partial charge in [-0.3, -0.25) is 0 Å². The van der Waals surface area contributed by atoms with Crippen LogP contribution in [0.25, 0.3) is 89.5 Å². The SMILES string of the molecule is Cc1cc2c(cc1-c1cc[n+](C)c(-c3ccccc3C)c1)C1c3ccccc3C2c2ccccc21.Cc1ccc2c(c1)C1c3ccccc3C2c2cc(-c3cc[n+](C)c(-c4ccccc4C)c3)ccc21.Cc1ccccc1-c1cc(-c2cc(C)c3c(c2)C2c4ccccc4C3c3ccccc32)cc[n+]1C.Cc1ccccc1-c1cc(-c2ccc3c(c2)C2c4ccccc4C3c3ccccc32)cc[n+]1C. The lowest BCUT2D eigenvalue weighted by Gasteiger charge is -2.43. The molecular formula is C135H110N4+4. The molecule has 0 fully saturated rings. The highest BCUT2D eigenvalue weighted by atomic mass is 14.9. The quantitative estimate of drug-likeness (QED) is 0.135. The minimum atomic E-state index is 0.303. The van der Waals surface area contributed by atoms with Crippen LogP contribution in [0.2, 0.25) is 0 Å². The lowest BCUT2D eigenvalue weighted by atomic mass is 9.60. The Balaban J connectivity index is 0.0000000980. The van der Waals surface area contributed by atoms with Crippen LogP contribution in [0, 0.1) is 48.5 Å². The van der Waals surface area contributed by atoms with E-state index in [1.165, 1.54) is 262 Å². The highest BCUT2D eigenvalue weighted by molar-refractivity contribution is 5.83. The first-order valence-corrected chi connectivity index (χ1v) is 49.6. The molecule has 0 spiro atoms. The van der Waals surface area contributed by atoms with Crippen LogP contribution in [0.15, 0.2) is 419 Å². The van der Waals surface area contributed by atoms with Gasteiger partial charge >= 0.3 is 0 Å². The molecule has 139 heavy (non-hydrogen) atoms. The van der Waals surface area contributed by atoms with Crippen LogP contribution < -0.4 is 18.3 Å². The van der Waals surface area contributed by atoms with Crippen LogP contribution in [-0.4, -0.2) is 0 Å². The number of hydrogen-bond acceptors (Lipinski definition) is 0. The van der Waals surface area contributed by atoms with Crippen molar-refractivity contribution in [2.45, 2.75) is 95.8 Å².